The monoisotopic (exact) mass is 202 g/mol. The van der Waals surface area contributed by atoms with Crippen LogP contribution in [-0.4, -0.2) is 42.9 Å². The van der Waals surface area contributed by atoms with Crippen LogP contribution in [0.5, 0.6) is 0 Å². The highest BCUT2D eigenvalue weighted by atomic mass is 16.5. The Morgan fingerprint density at radius 2 is 2.50 bits per heavy atom. The Morgan fingerprint density at radius 1 is 1.79 bits per heavy atom. The van der Waals surface area contributed by atoms with E-state index in [0.29, 0.717) is 19.8 Å². The van der Waals surface area contributed by atoms with Gasteiger partial charge in [0.15, 0.2) is 0 Å². The molecular weight excluding hydrogens is 184 g/mol. The molecule has 0 aromatic carbocycles. The number of carbonyl (C=O) groups is 1. The summed E-state index contributed by atoms with van der Waals surface area (Å²) in [5.41, 5.74) is 5.57. The topological polar surface area (TPSA) is 84.6 Å². The predicted molar refractivity (Wildman–Crippen MR) is 51.6 cm³/mol. The van der Waals surface area contributed by atoms with Gasteiger partial charge in [0.25, 0.3) is 0 Å². The Balaban J connectivity index is 2.20. The SMILES string of the molecule is CC(O)C(N)CNC(=O)C1CCOC1. The van der Waals surface area contributed by atoms with E-state index in [2.05, 4.69) is 5.32 Å². The van der Waals surface area contributed by atoms with Gasteiger partial charge in [-0.15, -0.1) is 0 Å². The molecule has 1 fully saturated rings. The second kappa shape index (κ2) is 5.29. The van der Waals surface area contributed by atoms with Gasteiger partial charge in [0, 0.05) is 19.2 Å². The van der Waals surface area contributed by atoms with Crippen LogP contribution in [0, 0.1) is 5.92 Å². The van der Waals surface area contributed by atoms with Crippen molar-refractivity contribution in [1.29, 1.82) is 0 Å². The van der Waals surface area contributed by atoms with Gasteiger partial charge in [-0.05, 0) is 13.3 Å². The molecule has 0 aliphatic carbocycles. The third-order valence-corrected chi connectivity index (χ3v) is 2.43. The van der Waals surface area contributed by atoms with Gasteiger partial charge in [0.1, 0.15) is 0 Å². The Bertz CT molecular complexity index is 190. The summed E-state index contributed by atoms with van der Waals surface area (Å²) in [5, 5.41) is 11.8. The van der Waals surface area contributed by atoms with E-state index in [0.717, 1.165) is 6.42 Å². The third kappa shape index (κ3) is 3.25. The highest BCUT2D eigenvalue weighted by Crippen LogP contribution is 2.11. The van der Waals surface area contributed by atoms with Crippen LogP contribution in [0.3, 0.4) is 0 Å². The first kappa shape index (κ1) is 11.4. The first-order valence-electron chi connectivity index (χ1n) is 4.90. The lowest BCUT2D eigenvalue weighted by Gasteiger charge is -2.16. The van der Waals surface area contributed by atoms with Crippen molar-refractivity contribution >= 4 is 5.91 Å². The highest BCUT2D eigenvalue weighted by molar-refractivity contribution is 5.79. The third-order valence-electron chi connectivity index (χ3n) is 2.43. The minimum absolute atomic E-state index is 0.0291. The molecule has 3 atom stereocenters. The average molecular weight is 202 g/mol. The second-order valence-electron chi connectivity index (χ2n) is 3.71. The van der Waals surface area contributed by atoms with E-state index in [4.69, 9.17) is 15.6 Å². The van der Waals surface area contributed by atoms with E-state index in [1.165, 1.54) is 0 Å². The summed E-state index contributed by atoms with van der Waals surface area (Å²) in [4.78, 5) is 11.4. The molecule has 1 aliphatic rings. The van der Waals surface area contributed by atoms with E-state index in [9.17, 15) is 4.79 Å². The molecular formula is C9H18N2O3. The molecule has 0 bridgehead atoms. The van der Waals surface area contributed by atoms with Gasteiger partial charge in [-0.3, -0.25) is 4.79 Å². The molecule has 0 saturated carbocycles. The number of hydrogen-bond donors (Lipinski definition) is 3. The van der Waals surface area contributed by atoms with Crippen molar-refractivity contribution < 1.29 is 14.6 Å². The molecule has 3 unspecified atom stereocenters. The van der Waals surface area contributed by atoms with Crippen LogP contribution in [0.1, 0.15) is 13.3 Å². The zero-order valence-corrected chi connectivity index (χ0v) is 8.40. The van der Waals surface area contributed by atoms with Gasteiger partial charge >= 0.3 is 0 Å². The summed E-state index contributed by atoms with van der Waals surface area (Å²) in [7, 11) is 0. The van der Waals surface area contributed by atoms with Crippen LogP contribution >= 0.6 is 0 Å². The molecule has 0 aromatic rings. The minimum atomic E-state index is -0.602. The van der Waals surface area contributed by atoms with Crippen LogP contribution in [-0.2, 0) is 9.53 Å². The standard InChI is InChI=1S/C9H18N2O3/c1-6(12)8(10)4-11-9(13)7-2-3-14-5-7/h6-8,12H,2-5,10H2,1H3,(H,11,13). The molecule has 1 aliphatic heterocycles. The van der Waals surface area contributed by atoms with Crippen molar-refractivity contribution in [3.8, 4) is 0 Å². The van der Waals surface area contributed by atoms with Gasteiger partial charge in [-0.2, -0.15) is 0 Å². The molecule has 4 N–H and O–H groups in total. The zero-order chi connectivity index (χ0) is 10.6. The number of hydrogen-bond acceptors (Lipinski definition) is 4. The molecule has 5 heteroatoms. The fourth-order valence-corrected chi connectivity index (χ4v) is 1.27. The number of aliphatic hydroxyl groups is 1. The fraction of sp³-hybridized carbons (Fsp3) is 0.889. The molecule has 0 aromatic heterocycles. The molecule has 1 amide bonds. The van der Waals surface area contributed by atoms with Crippen molar-refractivity contribution in [2.75, 3.05) is 19.8 Å². The molecule has 82 valence electrons. The molecule has 1 saturated heterocycles. The lowest BCUT2D eigenvalue weighted by Crippen LogP contribution is -2.45. The van der Waals surface area contributed by atoms with Crippen LogP contribution in [0.4, 0.5) is 0 Å². The Hall–Kier alpha value is -0.650. The number of amides is 1. The maximum Gasteiger partial charge on any atom is 0.225 e. The normalized spacial score (nSPS) is 25.8. The molecule has 0 spiro atoms. The van der Waals surface area contributed by atoms with Crippen molar-refractivity contribution in [3.63, 3.8) is 0 Å². The van der Waals surface area contributed by atoms with Gasteiger partial charge in [-0.1, -0.05) is 0 Å². The zero-order valence-electron chi connectivity index (χ0n) is 8.40. The summed E-state index contributed by atoms with van der Waals surface area (Å²) in [6.07, 6.45) is 0.172. The van der Waals surface area contributed by atoms with Crippen LogP contribution in [0.15, 0.2) is 0 Å². The van der Waals surface area contributed by atoms with Crippen LogP contribution in [0.2, 0.25) is 0 Å². The van der Waals surface area contributed by atoms with E-state index < -0.39 is 12.1 Å². The van der Waals surface area contributed by atoms with Crippen LogP contribution < -0.4 is 11.1 Å². The maximum absolute atomic E-state index is 11.4. The predicted octanol–water partition coefficient (Wildman–Crippen LogP) is -1.15. The lowest BCUT2D eigenvalue weighted by atomic mass is 10.1. The van der Waals surface area contributed by atoms with Crippen molar-refractivity contribution in [2.45, 2.75) is 25.5 Å². The van der Waals surface area contributed by atoms with E-state index in [-0.39, 0.29) is 11.8 Å². The number of ether oxygens (including phenoxy) is 1. The van der Waals surface area contributed by atoms with E-state index in [1.807, 2.05) is 0 Å². The molecule has 14 heavy (non-hydrogen) atoms. The first-order valence-corrected chi connectivity index (χ1v) is 4.90. The quantitative estimate of drug-likeness (QED) is 0.537. The summed E-state index contributed by atoms with van der Waals surface area (Å²) in [5.74, 6) is -0.0743. The first-order chi connectivity index (χ1) is 6.61. The second-order valence-corrected chi connectivity index (χ2v) is 3.71. The van der Waals surface area contributed by atoms with E-state index >= 15 is 0 Å². The molecule has 1 rings (SSSR count). The number of rotatable bonds is 4. The van der Waals surface area contributed by atoms with Crippen molar-refractivity contribution in [1.82, 2.24) is 5.32 Å². The Kier molecular flexibility index (Phi) is 4.31. The average Bonchev–Trinajstić information content (AvgIpc) is 2.66. The van der Waals surface area contributed by atoms with Gasteiger partial charge in [0.05, 0.1) is 18.6 Å². The smallest absolute Gasteiger partial charge is 0.225 e. The number of carbonyl (C=O) groups excluding carboxylic acids is 1. The fourth-order valence-electron chi connectivity index (χ4n) is 1.27. The summed E-state index contributed by atoms with van der Waals surface area (Å²) < 4.78 is 5.09. The number of nitrogens with one attached hydrogen (secondary N) is 1. The maximum atomic E-state index is 11.4. The van der Waals surface area contributed by atoms with Crippen molar-refractivity contribution in [3.05, 3.63) is 0 Å². The molecule has 5 nitrogen and oxygen atoms in total. The molecule has 1 heterocycles. The largest absolute Gasteiger partial charge is 0.392 e. The summed E-state index contributed by atoms with van der Waals surface area (Å²) in [6, 6.07) is -0.402. The van der Waals surface area contributed by atoms with Gasteiger partial charge < -0.3 is 20.9 Å². The molecule has 0 radical (unpaired) electrons. The number of aliphatic hydroxyl groups excluding tert-OH is 1. The lowest BCUT2D eigenvalue weighted by molar-refractivity contribution is -0.125. The Morgan fingerprint density at radius 3 is 3.00 bits per heavy atom. The number of nitrogens with two attached hydrogens (primary N) is 1. The highest BCUT2D eigenvalue weighted by Gasteiger charge is 2.23. The Labute approximate surface area is 83.6 Å². The summed E-state index contributed by atoms with van der Waals surface area (Å²) in [6.45, 7) is 3.07. The van der Waals surface area contributed by atoms with E-state index in [1.54, 1.807) is 6.92 Å². The van der Waals surface area contributed by atoms with Crippen molar-refractivity contribution in [2.24, 2.45) is 11.7 Å². The van der Waals surface area contributed by atoms with Gasteiger partial charge in [-0.25, -0.2) is 0 Å². The minimum Gasteiger partial charge on any atom is -0.392 e. The summed E-state index contributed by atoms with van der Waals surface area (Å²) >= 11 is 0. The van der Waals surface area contributed by atoms with Crippen LogP contribution in [0.25, 0.3) is 0 Å². The van der Waals surface area contributed by atoms with Gasteiger partial charge in [0.2, 0.25) is 5.91 Å².